The zero-order valence-corrected chi connectivity index (χ0v) is 12.5. The average molecular weight is 310 g/mol. The Kier molecular flexibility index (Phi) is 3.93. The highest BCUT2D eigenvalue weighted by Gasteiger charge is 2.08. The second kappa shape index (κ2) is 6.04. The first kappa shape index (κ1) is 15.0. The maximum atomic E-state index is 12.9. The molecular formula is C18H15FN2O2. The number of rotatable bonds is 3. The third-order valence-electron chi connectivity index (χ3n) is 3.67. The number of aryl methyl sites for hydroxylation is 1. The van der Waals surface area contributed by atoms with Crippen molar-refractivity contribution in [2.75, 3.05) is 5.32 Å². The van der Waals surface area contributed by atoms with Gasteiger partial charge in [-0.1, -0.05) is 13.0 Å². The van der Waals surface area contributed by atoms with Crippen molar-refractivity contribution in [2.24, 2.45) is 0 Å². The Balaban J connectivity index is 1.93. The van der Waals surface area contributed by atoms with Crippen LogP contribution in [0.15, 0.2) is 53.3 Å². The fourth-order valence-electron chi connectivity index (χ4n) is 2.51. The van der Waals surface area contributed by atoms with Crippen molar-refractivity contribution in [2.45, 2.75) is 13.3 Å². The van der Waals surface area contributed by atoms with Gasteiger partial charge in [-0.15, -0.1) is 0 Å². The van der Waals surface area contributed by atoms with Gasteiger partial charge in [0.25, 0.3) is 5.91 Å². The van der Waals surface area contributed by atoms with E-state index in [4.69, 9.17) is 0 Å². The normalized spacial score (nSPS) is 10.7. The van der Waals surface area contributed by atoms with E-state index >= 15 is 0 Å². The molecule has 0 aliphatic carbocycles. The van der Waals surface area contributed by atoms with E-state index in [9.17, 15) is 14.0 Å². The molecule has 1 heterocycles. The molecule has 116 valence electrons. The molecule has 0 aliphatic heterocycles. The number of benzene rings is 2. The fourth-order valence-corrected chi connectivity index (χ4v) is 2.51. The molecule has 1 aromatic heterocycles. The van der Waals surface area contributed by atoms with E-state index in [0.717, 1.165) is 17.4 Å². The Morgan fingerprint density at radius 1 is 1.13 bits per heavy atom. The first-order chi connectivity index (χ1) is 11.1. The number of carbonyl (C=O) groups excluding carboxylic acids is 1. The highest BCUT2D eigenvalue weighted by molar-refractivity contribution is 6.05. The molecule has 3 rings (SSSR count). The fraction of sp³-hybridized carbons (Fsp3) is 0.111. The van der Waals surface area contributed by atoms with Crippen LogP contribution in [-0.2, 0) is 6.42 Å². The van der Waals surface area contributed by atoms with Crippen molar-refractivity contribution in [3.8, 4) is 0 Å². The number of anilines is 1. The van der Waals surface area contributed by atoms with Crippen LogP contribution in [0.25, 0.3) is 10.9 Å². The number of halogens is 1. The molecule has 2 N–H and O–H groups in total. The zero-order chi connectivity index (χ0) is 16.4. The Morgan fingerprint density at radius 2 is 1.87 bits per heavy atom. The Hall–Kier alpha value is -2.95. The number of amides is 1. The van der Waals surface area contributed by atoms with Crippen LogP contribution in [-0.4, -0.2) is 10.9 Å². The summed E-state index contributed by atoms with van der Waals surface area (Å²) in [6.45, 7) is 1.98. The third-order valence-corrected chi connectivity index (χ3v) is 3.67. The van der Waals surface area contributed by atoms with E-state index in [-0.39, 0.29) is 11.5 Å². The minimum Gasteiger partial charge on any atom is -0.322 e. The van der Waals surface area contributed by atoms with E-state index in [1.165, 1.54) is 24.3 Å². The summed E-state index contributed by atoms with van der Waals surface area (Å²) in [4.78, 5) is 26.6. The van der Waals surface area contributed by atoms with Gasteiger partial charge >= 0.3 is 0 Å². The summed E-state index contributed by atoms with van der Waals surface area (Å²) in [5, 5.41) is 3.69. The van der Waals surface area contributed by atoms with Crippen molar-refractivity contribution in [1.82, 2.24) is 4.98 Å². The van der Waals surface area contributed by atoms with Crippen LogP contribution in [0.2, 0.25) is 0 Å². The topological polar surface area (TPSA) is 62.0 Å². The number of fused-ring (bicyclic) bond motifs is 1. The minimum absolute atomic E-state index is 0.170. The lowest BCUT2D eigenvalue weighted by molar-refractivity contribution is 0.102. The molecule has 0 atom stereocenters. The standard InChI is InChI=1S/C18H15FN2O2/c1-2-11-9-17(22)21-16-10-14(7-8-15(11)16)20-18(23)12-3-5-13(19)6-4-12/h3-10H,2H2,1H3,(H,20,23)(H,21,22). The molecule has 0 saturated carbocycles. The van der Waals surface area contributed by atoms with Crippen molar-refractivity contribution < 1.29 is 9.18 Å². The lowest BCUT2D eigenvalue weighted by Crippen LogP contribution is -2.12. The molecule has 1 amide bonds. The van der Waals surface area contributed by atoms with Crippen LogP contribution >= 0.6 is 0 Å². The summed E-state index contributed by atoms with van der Waals surface area (Å²) in [7, 11) is 0. The number of H-pyrrole nitrogens is 1. The molecule has 0 unspecified atom stereocenters. The Labute approximate surface area is 132 Å². The molecule has 0 radical (unpaired) electrons. The second-order valence-corrected chi connectivity index (χ2v) is 5.23. The van der Waals surface area contributed by atoms with Gasteiger partial charge in [0.2, 0.25) is 5.56 Å². The predicted octanol–water partition coefficient (Wildman–Crippen LogP) is 3.48. The van der Waals surface area contributed by atoms with Gasteiger partial charge < -0.3 is 10.3 Å². The van der Waals surface area contributed by atoms with E-state index in [0.29, 0.717) is 16.8 Å². The van der Waals surface area contributed by atoms with Crippen LogP contribution in [0.3, 0.4) is 0 Å². The number of aromatic amines is 1. The lowest BCUT2D eigenvalue weighted by atomic mass is 10.1. The molecule has 0 bridgehead atoms. The molecule has 5 heteroatoms. The van der Waals surface area contributed by atoms with Gasteiger partial charge in [0.15, 0.2) is 0 Å². The average Bonchev–Trinajstić information content (AvgIpc) is 2.54. The number of pyridine rings is 1. The second-order valence-electron chi connectivity index (χ2n) is 5.23. The quantitative estimate of drug-likeness (QED) is 0.778. The van der Waals surface area contributed by atoms with Crippen LogP contribution in [0.4, 0.5) is 10.1 Å². The van der Waals surface area contributed by atoms with Crippen molar-refractivity contribution in [1.29, 1.82) is 0 Å². The monoisotopic (exact) mass is 310 g/mol. The van der Waals surface area contributed by atoms with Gasteiger partial charge in [-0.05, 0) is 48.4 Å². The first-order valence-corrected chi connectivity index (χ1v) is 7.29. The Morgan fingerprint density at radius 3 is 2.57 bits per heavy atom. The smallest absolute Gasteiger partial charge is 0.255 e. The minimum atomic E-state index is -0.392. The summed E-state index contributed by atoms with van der Waals surface area (Å²) >= 11 is 0. The van der Waals surface area contributed by atoms with Crippen molar-refractivity contribution in [3.05, 3.63) is 75.8 Å². The van der Waals surface area contributed by atoms with Crippen molar-refractivity contribution >= 4 is 22.5 Å². The number of aromatic nitrogens is 1. The largest absolute Gasteiger partial charge is 0.322 e. The molecule has 4 nitrogen and oxygen atoms in total. The third kappa shape index (κ3) is 3.13. The molecule has 23 heavy (non-hydrogen) atoms. The SMILES string of the molecule is CCc1cc(=O)[nH]c2cc(NC(=O)c3ccc(F)cc3)ccc12. The summed E-state index contributed by atoms with van der Waals surface area (Å²) < 4.78 is 12.9. The highest BCUT2D eigenvalue weighted by Crippen LogP contribution is 2.20. The maximum Gasteiger partial charge on any atom is 0.255 e. The van der Waals surface area contributed by atoms with Crippen LogP contribution in [0, 0.1) is 5.82 Å². The van der Waals surface area contributed by atoms with Gasteiger partial charge in [0.05, 0.1) is 5.52 Å². The molecule has 0 spiro atoms. The number of carbonyl (C=O) groups is 1. The molecular weight excluding hydrogens is 295 g/mol. The molecule has 0 fully saturated rings. The Bertz CT molecular complexity index is 930. The summed E-state index contributed by atoms with van der Waals surface area (Å²) in [5.74, 6) is -0.727. The maximum absolute atomic E-state index is 12.9. The van der Waals surface area contributed by atoms with Crippen molar-refractivity contribution in [3.63, 3.8) is 0 Å². The molecule has 0 aliphatic rings. The van der Waals surface area contributed by atoms with E-state index < -0.39 is 5.82 Å². The van der Waals surface area contributed by atoms with Crippen LogP contribution in [0.5, 0.6) is 0 Å². The van der Waals surface area contributed by atoms with E-state index in [1.807, 2.05) is 13.0 Å². The summed E-state index contributed by atoms with van der Waals surface area (Å²) in [6, 6.07) is 12.3. The molecule has 2 aromatic carbocycles. The predicted molar refractivity (Wildman–Crippen MR) is 88.3 cm³/mol. The highest BCUT2D eigenvalue weighted by atomic mass is 19.1. The van der Waals surface area contributed by atoms with Crippen LogP contribution in [0.1, 0.15) is 22.8 Å². The first-order valence-electron chi connectivity index (χ1n) is 7.29. The zero-order valence-electron chi connectivity index (χ0n) is 12.5. The lowest BCUT2D eigenvalue weighted by Gasteiger charge is -2.08. The van der Waals surface area contributed by atoms with E-state index in [2.05, 4.69) is 10.3 Å². The van der Waals surface area contributed by atoms with Gasteiger partial charge in [-0.3, -0.25) is 9.59 Å². The van der Waals surface area contributed by atoms with Gasteiger partial charge in [0, 0.05) is 22.7 Å². The number of hydrogen-bond acceptors (Lipinski definition) is 2. The summed E-state index contributed by atoms with van der Waals surface area (Å²) in [6.07, 6.45) is 0.752. The van der Waals surface area contributed by atoms with Gasteiger partial charge in [-0.2, -0.15) is 0 Å². The molecule has 3 aromatic rings. The number of nitrogens with one attached hydrogen (secondary N) is 2. The number of hydrogen-bond donors (Lipinski definition) is 2. The van der Waals surface area contributed by atoms with Crippen LogP contribution < -0.4 is 10.9 Å². The van der Waals surface area contributed by atoms with E-state index in [1.54, 1.807) is 18.2 Å². The van der Waals surface area contributed by atoms with Gasteiger partial charge in [-0.25, -0.2) is 4.39 Å². The van der Waals surface area contributed by atoms with Gasteiger partial charge in [0.1, 0.15) is 5.82 Å². The summed E-state index contributed by atoms with van der Waals surface area (Å²) in [5.41, 5.74) is 2.39. The molecule has 0 saturated heterocycles.